The van der Waals surface area contributed by atoms with Crippen LogP contribution in [0.1, 0.15) is 30.5 Å². The van der Waals surface area contributed by atoms with Gasteiger partial charge in [0, 0.05) is 25.0 Å². The summed E-state index contributed by atoms with van der Waals surface area (Å²) in [6.07, 6.45) is 1.09. The van der Waals surface area contributed by atoms with Crippen molar-refractivity contribution in [3.63, 3.8) is 0 Å². The van der Waals surface area contributed by atoms with Crippen molar-refractivity contribution in [3.8, 4) is 0 Å². The molecule has 2 nitrogen and oxygen atoms in total. The van der Waals surface area contributed by atoms with Crippen LogP contribution >= 0.6 is 11.8 Å². The average Bonchev–Trinajstić information content (AvgIpc) is 2.34. The number of benzene rings is 1. The Morgan fingerprint density at radius 1 is 1.29 bits per heavy atom. The molecule has 0 heterocycles. The van der Waals surface area contributed by atoms with Crippen LogP contribution in [-0.4, -0.2) is 24.7 Å². The van der Waals surface area contributed by atoms with Crippen LogP contribution in [0.2, 0.25) is 0 Å². The molecule has 0 bridgehead atoms. The summed E-state index contributed by atoms with van der Waals surface area (Å²) >= 11 is 1.92. The normalized spacial score (nSPS) is 14.6. The van der Waals surface area contributed by atoms with Gasteiger partial charge in [0.25, 0.3) is 0 Å². The Kier molecular flexibility index (Phi) is 6.63. The third kappa shape index (κ3) is 5.11. The summed E-state index contributed by atoms with van der Waals surface area (Å²) in [6.45, 7) is 5.12. The van der Waals surface area contributed by atoms with E-state index in [4.69, 9.17) is 10.5 Å². The van der Waals surface area contributed by atoms with Crippen molar-refractivity contribution >= 4 is 11.8 Å². The Balaban J connectivity index is 2.40. The van der Waals surface area contributed by atoms with Gasteiger partial charge in [0.1, 0.15) is 0 Å². The van der Waals surface area contributed by atoms with Crippen molar-refractivity contribution < 1.29 is 4.74 Å². The molecule has 17 heavy (non-hydrogen) atoms. The van der Waals surface area contributed by atoms with Crippen LogP contribution in [0, 0.1) is 6.92 Å². The number of aryl methyl sites for hydroxylation is 1. The lowest BCUT2D eigenvalue weighted by Crippen LogP contribution is -2.21. The van der Waals surface area contributed by atoms with E-state index in [0.29, 0.717) is 5.25 Å². The smallest absolute Gasteiger partial charge is 0.0470 e. The van der Waals surface area contributed by atoms with E-state index in [9.17, 15) is 0 Å². The monoisotopic (exact) mass is 253 g/mol. The van der Waals surface area contributed by atoms with Crippen LogP contribution in [0.3, 0.4) is 0 Å². The Bertz CT molecular complexity index is 313. The third-order valence-corrected chi connectivity index (χ3v) is 4.18. The zero-order valence-corrected chi connectivity index (χ0v) is 11.8. The second-order valence-corrected chi connectivity index (χ2v) is 5.84. The fourth-order valence-electron chi connectivity index (χ4n) is 1.64. The molecule has 96 valence electrons. The summed E-state index contributed by atoms with van der Waals surface area (Å²) in [7, 11) is 1.74. The molecule has 0 aliphatic rings. The lowest BCUT2D eigenvalue weighted by Gasteiger charge is -2.20. The van der Waals surface area contributed by atoms with E-state index in [2.05, 4.69) is 38.1 Å². The fraction of sp³-hybridized carbons (Fsp3) is 0.571. The summed E-state index contributed by atoms with van der Waals surface area (Å²) in [5.41, 5.74) is 8.75. The molecule has 0 spiro atoms. The first kappa shape index (κ1) is 14.6. The first-order valence-corrected chi connectivity index (χ1v) is 7.12. The van der Waals surface area contributed by atoms with E-state index in [1.165, 1.54) is 11.1 Å². The van der Waals surface area contributed by atoms with Crippen molar-refractivity contribution in [1.82, 2.24) is 0 Å². The minimum atomic E-state index is 0.114. The summed E-state index contributed by atoms with van der Waals surface area (Å²) in [5, 5.41) is 0.439. The quantitative estimate of drug-likeness (QED) is 0.758. The maximum absolute atomic E-state index is 6.25. The molecule has 1 aromatic rings. The summed E-state index contributed by atoms with van der Waals surface area (Å²) in [4.78, 5) is 0. The SMILES string of the molecule is COCCCSC(C)C(N)c1ccc(C)cc1. The number of rotatable bonds is 7. The predicted molar refractivity (Wildman–Crippen MR) is 76.5 cm³/mol. The summed E-state index contributed by atoms with van der Waals surface area (Å²) < 4.78 is 5.04. The van der Waals surface area contributed by atoms with Crippen LogP contribution < -0.4 is 5.73 Å². The van der Waals surface area contributed by atoms with Crippen LogP contribution in [0.15, 0.2) is 24.3 Å². The van der Waals surface area contributed by atoms with Crippen molar-refractivity contribution in [3.05, 3.63) is 35.4 Å². The molecule has 1 rings (SSSR count). The average molecular weight is 253 g/mol. The van der Waals surface area contributed by atoms with Gasteiger partial charge in [-0.1, -0.05) is 36.8 Å². The molecule has 0 radical (unpaired) electrons. The van der Waals surface area contributed by atoms with Gasteiger partial charge in [0.15, 0.2) is 0 Å². The van der Waals surface area contributed by atoms with Gasteiger partial charge in [0.05, 0.1) is 0 Å². The molecule has 0 saturated heterocycles. The number of nitrogens with two attached hydrogens (primary N) is 1. The molecule has 0 amide bonds. The number of methoxy groups -OCH3 is 1. The Labute approximate surface area is 109 Å². The van der Waals surface area contributed by atoms with Gasteiger partial charge in [-0.25, -0.2) is 0 Å². The Morgan fingerprint density at radius 3 is 2.53 bits per heavy atom. The van der Waals surface area contributed by atoms with Gasteiger partial charge in [-0.3, -0.25) is 0 Å². The number of hydrogen-bond donors (Lipinski definition) is 1. The third-order valence-electron chi connectivity index (χ3n) is 2.84. The molecule has 2 unspecified atom stereocenters. The lowest BCUT2D eigenvalue weighted by molar-refractivity contribution is 0.200. The Hall–Kier alpha value is -0.510. The standard InChI is InChI=1S/C14H23NOS/c1-11-5-7-13(8-6-11)14(15)12(2)17-10-4-9-16-3/h5-8,12,14H,4,9-10,15H2,1-3H3. The van der Waals surface area contributed by atoms with Gasteiger partial charge in [0.2, 0.25) is 0 Å². The van der Waals surface area contributed by atoms with Crippen molar-refractivity contribution in [1.29, 1.82) is 0 Å². The minimum Gasteiger partial charge on any atom is -0.385 e. The number of ether oxygens (including phenoxy) is 1. The fourth-order valence-corrected chi connectivity index (χ4v) is 2.66. The van der Waals surface area contributed by atoms with E-state index in [1.807, 2.05) is 11.8 Å². The van der Waals surface area contributed by atoms with Gasteiger partial charge in [-0.2, -0.15) is 11.8 Å². The highest BCUT2D eigenvalue weighted by atomic mass is 32.2. The van der Waals surface area contributed by atoms with Crippen LogP contribution in [0.5, 0.6) is 0 Å². The topological polar surface area (TPSA) is 35.2 Å². The van der Waals surface area contributed by atoms with Gasteiger partial charge in [-0.15, -0.1) is 0 Å². The van der Waals surface area contributed by atoms with Crippen molar-refractivity contribution in [2.24, 2.45) is 5.73 Å². The van der Waals surface area contributed by atoms with Crippen molar-refractivity contribution in [2.75, 3.05) is 19.5 Å². The predicted octanol–water partition coefficient (Wildman–Crippen LogP) is 3.15. The highest BCUT2D eigenvalue weighted by Crippen LogP contribution is 2.24. The van der Waals surface area contributed by atoms with Crippen molar-refractivity contribution in [2.45, 2.75) is 31.6 Å². The molecular formula is C14H23NOS. The number of thioether (sulfide) groups is 1. The van der Waals surface area contributed by atoms with Gasteiger partial charge < -0.3 is 10.5 Å². The van der Waals surface area contributed by atoms with E-state index < -0.39 is 0 Å². The molecule has 2 N–H and O–H groups in total. The van der Waals surface area contributed by atoms with Gasteiger partial charge >= 0.3 is 0 Å². The molecule has 0 saturated carbocycles. The zero-order chi connectivity index (χ0) is 12.7. The Morgan fingerprint density at radius 2 is 1.94 bits per heavy atom. The molecule has 3 heteroatoms. The highest BCUT2D eigenvalue weighted by Gasteiger charge is 2.14. The maximum atomic E-state index is 6.25. The molecule has 0 fully saturated rings. The largest absolute Gasteiger partial charge is 0.385 e. The first-order valence-electron chi connectivity index (χ1n) is 6.08. The molecular weight excluding hydrogens is 230 g/mol. The van der Waals surface area contributed by atoms with E-state index in [0.717, 1.165) is 18.8 Å². The van der Waals surface area contributed by atoms with Crippen LogP contribution in [0.4, 0.5) is 0 Å². The van der Waals surface area contributed by atoms with Crippen LogP contribution in [-0.2, 0) is 4.74 Å². The molecule has 2 atom stereocenters. The maximum Gasteiger partial charge on any atom is 0.0470 e. The lowest BCUT2D eigenvalue weighted by atomic mass is 10.0. The zero-order valence-electron chi connectivity index (χ0n) is 11.0. The van der Waals surface area contributed by atoms with Crippen LogP contribution in [0.25, 0.3) is 0 Å². The summed E-state index contributed by atoms with van der Waals surface area (Å²) in [5.74, 6) is 1.11. The highest BCUT2D eigenvalue weighted by molar-refractivity contribution is 7.99. The van der Waals surface area contributed by atoms with E-state index >= 15 is 0 Å². The molecule has 0 aliphatic heterocycles. The minimum absolute atomic E-state index is 0.114. The van der Waals surface area contributed by atoms with E-state index in [-0.39, 0.29) is 6.04 Å². The van der Waals surface area contributed by atoms with E-state index in [1.54, 1.807) is 7.11 Å². The number of hydrogen-bond acceptors (Lipinski definition) is 3. The van der Waals surface area contributed by atoms with Gasteiger partial charge in [-0.05, 0) is 24.7 Å². The summed E-state index contributed by atoms with van der Waals surface area (Å²) in [6, 6.07) is 8.62. The molecule has 0 aromatic heterocycles. The molecule has 1 aromatic carbocycles. The molecule has 0 aliphatic carbocycles. The first-order chi connectivity index (χ1) is 8.15. The second kappa shape index (κ2) is 7.75. The second-order valence-electron chi connectivity index (χ2n) is 4.36.